The summed E-state index contributed by atoms with van der Waals surface area (Å²) in [7, 11) is 0. The van der Waals surface area contributed by atoms with Gasteiger partial charge in [-0.05, 0) is 40.6 Å². The largest absolute Gasteiger partial charge is 0.451 e. The fraction of sp³-hybridized carbons (Fsp3) is 0. The molecule has 3 aromatic carbocycles. The third kappa shape index (κ3) is 2.99. The number of nitrogens with zero attached hydrogens (tertiary/aromatic N) is 1. The average Bonchev–Trinajstić information content (AvgIpc) is 3.08. The van der Waals surface area contributed by atoms with Gasteiger partial charge in [-0.15, -0.1) is 0 Å². The van der Waals surface area contributed by atoms with Gasteiger partial charge in [0.25, 0.3) is 0 Å². The van der Waals surface area contributed by atoms with Crippen molar-refractivity contribution in [2.45, 2.75) is 0 Å². The van der Waals surface area contributed by atoms with E-state index in [4.69, 9.17) is 4.42 Å². The molecular formula is C20H13FN2O2. The standard InChI is InChI=1S/C20H13FN2O2/c21-15-8-5-13(6-9-15)12-22-23-20(24)19-11-17-16-4-2-1-3-14(16)7-10-18(17)25-19/h1-12H,(H,23,24). The second-order valence-electron chi connectivity index (χ2n) is 5.56. The van der Waals surface area contributed by atoms with Crippen molar-refractivity contribution in [3.05, 3.63) is 83.9 Å². The lowest BCUT2D eigenvalue weighted by Gasteiger charge is -1.96. The van der Waals surface area contributed by atoms with E-state index in [0.29, 0.717) is 11.1 Å². The van der Waals surface area contributed by atoms with Crippen molar-refractivity contribution in [1.29, 1.82) is 0 Å². The lowest BCUT2D eigenvalue weighted by atomic mass is 10.1. The molecule has 0 radical (unpaired) electrons. The number of carbonyl (C=O) groups excluding carboxylic acids is 1. The number of fused-ring (bicyclic) bond motifs is 3. The van der Waals surface area contributed by atoms with Crippen LogP contribution in [0.25, 0.3) is 21.7 Å². The maximum absolute atomic E-state index is 12.8. The summed E-state index contributed by atoms with van der Waals surface area (Å²) in [6.45, 7) is 0. The van der Waals surface area contributed by atoms with E-state index in [1.54, 1.807) is 18.2 Å². The molecule has 0 aliphatic rings. The van der Waals surface area contributed by atoms with Gasteiger partial charge < -0.3 is 4.42 Å². The number of amides is 1. The van der Waals surface area contributed by atoms with Crippen LogP contribution in [0.4, 0.5) is 4.39 Å². The van der Waals surface area contributed by atoms with E-state index in [1.165, 1.54) is 18.3 Å². The molecular weight excluding hydrogens is 319 g/mol. The molecule has 25 heavy (non-hydrogen) atoms. The lowest BCUT2D eigenvalue weighted by molar-refractivity contribution is 0.0929. The summed E-state index contributed by atoms with van der Waals surface area (Å²) in [6.07, 6.45) is 1.44. The first-order valence-corrected chi connectivity index (χ1v) is 7.71. The molecule has 0 saturated carbocycles. The minimum Gasteiger partial charge on any atom is -0.451 e. The van der Waals surface area contributed by atoms with Crippen LogP contribution in [0.15, 0.2) is 76.2 Å². The maximum atomic E-state index is 12.8. The Morgan fingerprint density at radius 2 is 1.80 bits per heavy atom. The van der Waals surface area contributed by atoms with Crippen LogP contribution in [0, 0.1) is 5.82 Å². The van der Waals surface area contributed by atoms with E-state index in [-0.39, 0.29) is 11.6 Å². The zero-order chi connectivity index (χ0) is 17.2. The number of hydrogen-bond acceptors (Lipinski definition) is 3. The quantitative estimate of drug-likeness (QED) is 0.444. The first-order chi connectivity index (χ1) is 12.2. The van der Waals surface area contributed by atoms with Gasteiger partial charge in [-0.3, -0.25) is 4.79 Å². The molecule has 1 amide bonds. The Balaban J connectivity index is 1.57. The van der Waals surface area contributed by atoms with Crippen LogP contribution < -0.4 is 5.43 Å². The Bertz CT molecular complexity index is 1100. The third-order valence-corrected chi connectivity index (χ3v) is 3.90. The molecule has 4 aromatic rings. The average molecular weight is 332 g/mol. The van der Waals surface area contributed by atoms with E-state index in [1.807, 2.05) is 36.4 Å². The number of nitrogens with one attached hydrogen (secondary N) is 1. The summed E-state index contributed by atoms with van der Waals surface area (Å²) in [6, 6.07) is 19.2. The Labute approximate surface area is 142 Å². The number of halogens is 1. The van der Waals surface area contributed by atoms with Gasteiger partial charge in [0.15, 0.2) is 5.76 Å². The van der Waals surface area contributed by atoms with Crippen molar-refractivity contribution in [2.24, 2.45) is 5.10 Å². The van der Waals surface area contributed by atoms with Crippen LogP contribution in [0.5, 0.6) is 0 Å². The summed E-state index contributed by atoms with van der Waals surface area (Å²) < 4.78 is 18.5. The molecule has 5 heteroatoms. The molecule has 122 valence electrons. The third-order valence-electron chi connectivity index (χ3n) is 3.90. The second kappa shape index (κ2) is 6.20. The Kier molecular flexibility index (Phi) is 3.74. The molecule has 4 rings (SSSR count). The van der Waals surface area contributed by atoms with Gasteiger partial charge in [-0.1, -0.05) is 42.5 Å². The summed E-state index contributed by atoms with van der Waals surface area (Å²) in [5.74, 6) is -0.586. The molecule has 0 aliphatic carbocycles. The Morgan fingerprint density at radius 3 is 2.64 bits per heavy atom. The van der Waals surface area contributed by atoms with Crippen molar-refractivity contribution in [3.63, 3.8) is 0 Å². The summed E-state index contributed by atoms with van der Waals surface area (Å²) in [5.41, 5.74) is 3.74. The molecule has 1 aromatic heterocycles. The highest BCUT2D eigenvalue weighted by molar-refractivity contribution is 6.08. The van der Waals surface area contributed by atoms with E-state index in [2.05, 4.69) is 10.5 Å². The van der Waals surface area contributed by atoms with Gasteiger partial charge in [0.2, 0.25) is 0 Å². The molecule has 0 bridgehead atoms. The molecule has 0 aliphatic heterocycles. The fourth-order valence-corrected chi connectivity index (χ4v) is 2.67. The monoisotopic (exact) mass is 332 g/mol. The van der Waals surface area contributed by atoms with E-state index >= 15 is 0 Å². The summed E-state index contributed by atoms with van der Waals surface area (Å²) >= 11 is 0. The number of furan rings is 1. The van der Waals surface area contributed by atoms with Crippen LogP contribution in [0.2, 0.25) is 0 Å². The minimum atomic E-state index is -0.446. The zero-order valence-corrected chi connectivity index (χ0v) is 13.1. The van der Waals surface area contributed by atoms with Crippen molar-refractivity contribution < 1.29 is 13.6 Å². The second-order valence-corrected chi connectivity index (χ2v) is 5.56. The fourth-order valence-electron chi connectivity index (χ4n) is 2.67. The number of hydrazone groups is 1. The van der Waals surface area contributed by atoms with Crippen LogP contribution in [0.3, 0.4) is 0 Å². The van der Waals surface area contributed by atoms with Crippen molar-refractivity contribution in [2.75, 3.05) is 0 Å². The van der Waals surface area contributed by atoms with E-state index in [0.717, 1.165) is 16.2 Å². The molecule has 1 N–H and O–H groups in total. The zero-order valence-electron chi connectivity index (χ0n) is 13.1. The van der Waals surface area contributed by atoms with Gasteiger partial charge in [-0.25, -0.2) is 9.82 Å². The first-order valence-electron chi connectivity index (χ1n) is 7.71. The van der Waals surface area contributed by atoms with Gasteiger partial charge in [-0.2, -0.15) is 5.10 Å². The number of benzene rings is 3. The minimum absolute atomic E-state index is 0.183. The maximum Gasteiger partial charge on any atom is 0.307 e. The predicted molar refractivity (Wildman–Crippen MR) is 95.2 cm³/mol. The molecule has 0 saturated heterocycles. The van der Waals surface area contributed by atoms with Crippen LogP contribution >= 0.6 is 0 Å². The highest BCUT2D eigenvalue weighted by Crippen LogP contribution is 2.28. The number of rotatable bonds is 3. The van der Waals surface area contributed by atoms with Gasteiger partial charge >= 0.3 is 5.91 Å². The normalized spacial score (nSPS) is 11.4. The summed E-state index contributed by atoms with van der Waals surface area (Å²) in [5, 5.41) is 6.86. The van der Waals surface area contributed by atoms with E-state index in [9.17, 15) is 9.18 Å². The predicted octanol–water partition coefficient (Wildman–Crippen LogP) is 4.49. The summed E-state index contributed by atoms with van der Waals surface area (Å²) in [4.78, 5) is 12.2. The lowest BCUT2D eigenvalue weighted by Crippen LogP contribution is -2.16. The SMILES string of the molecule is O=C(NN=Cc1ccc(F)cc1)c1cc2c(ccc3ccccc32)o1. The van der Waals surface area contributed by atoms with Gasteiger partial charge in [0.1, 0.15) is 11.4 Å². The highest BCUT2D eigenvalue weighted by atomic mass is 19.1. The van der Waals surface area contributed by atoms with Gasteiger partial charge in [0.05, 0.1) is 6.21 Å². The highest BCUT2D eigenvalue weighted by Gasteiger charge is 2.13. The molecule has 0 atom stereocenters. The van der Waals surface area contributed by atoms with Crippen LogP contribution in [-0.4, -0.2) is 12.1 Å². The molecule has 4 nitrogen and oxygen atoms in total. The number of carbonyl (C=O) groups is 1. The van der Waals surface area contributed by atoms with Crippen molar-refractivity contribution in [1.82, 2.24) is 5.43 Å². The topological polar surface area (TPSA) is 54.6 Å². The van der Waals surface area contributed by atoms with Crippen molar-refractivity contribution >= 4 is 33.9 Å². The molecule has 0 unspecified atom stereocenters. The molecule has 1 heterocycles. The van der Waals surface area contributed by atoms with Crippen LogP contribution in [0.1, 0.15) is 16.1 Å². The van der Waals surface area contributed by atoms with Crippen LogP contribution in [-0.2, 0) is 0 Å². The van der Waals surface area contributed by atoms with Gasteiger partial charge in [0, 0.05) is 5.39 Å². The molecule has 0 fully saturated rings. The van der Waals surface area contributed by atoms with Crippen molar-refractivity contribution in [3.8, 4) is 0 Å². The Morgan fingerprint density at radius 1 is 1.00 bits per heavy atom. The molecule has 0 spiro atoms. The smallest absolute Gasteiger partial charge is 0.307 e. The van der Waals surface area contributed by atoms with E-state index < -0.39 is 5.91 Å². The Hall–Kier alpha value is -3.47. The first kappa shape index (κ1) is 15.1. The number of hydrogen-bond donors (Lipinski definition) is 1.